The molecule has 0 bridgehead atoms. The van der Waals surface area contributed by atoms with Crippen molar-refractivity contribution in [2.24, 2.45) is 5.92 Å². The highest BCUT2D eigenvalue weighted by molar-refractivity contribution is 5.37. The molecular formula is C11H15F2N3. The molecule has 0 aliphatic carbocycles. The number of aromatic nitrogens is 2. The van der Waals surface area contributed by atoms with Gasteiger partial charge in [-0.05, 0) is 6.92 Å². The molecule has 0 radical (unpaired) electrons. The van der Waals surface area contributed by atoms with Gasteiger partial charge in [0.15, 0.2) is 0 Å². The van der Waals surface area contributed by atoms with Crippen molar-refractivity contribution in [2.75, 3.05) is 18.0 Å². The van der Waals surface area contributed by atoms with Gasteiger partial charge in [-0.25, -0.2) is 13.8 Å². The Morgan fingerprint density at radius 1 is 1.44 bits per heavy atom. The van der Waals surface area contributed by atoms with Crippen molar-refractivity contribution in [3.63, 3.8) is 0 Å². The topological polar surface area (TPSA) is 29.0 Å². The minimum atomic E-state index is -2.55. The van der Waals surface area contributed by atoms with E-state index >= 15 is 0 Å². The number of aryl methyl sites for hydroxylation is 1. The summed E-state index contributed by atoms with van der Waals surface area (Å²) in [6.45, 7) is 4.11. The molecule has 1 aromatic rings. The van der Waals surface area contributed by atoms with E-state index in [-0.39, 0.29) is 6.42 Å². The number of hydrogen-bond acceptors (Lipinski definition) is 3. The van der Waals surface area contributed by atoms with Gasteiger partial charge in [0, 0.05) is 31.6 Å². The van der Waals surface area contributed by atoms with Crippen LogP contribution in [0.1, 0.15) is 19.0 Å². The molecule has 16 heavy (non-hydrogen) atoms. The van der Waals surface area contributed by atoms with Crippen LogP contribution in [0.4, 0.5) is 14.6 Å². The molecule has 0 amide bonds. The second-order valence-corrected chi connectivity index (χ2v) is 4.38. The van der Waals surface area contributed by atoms with E-state index in [0.717, 1.165) is 5.69 Å². The van der Waals surface area contributed by atoms with Crippen molar-refractivity contribution in [1.29, 1.82) is 0 Å². The van der Waals surface area contributed by atoms with Crippen LogP contribution in [0.5, 0.6) is 0 Å². The van der Waals surface area contributed by atoms with Gasteiger partial charge < -0.3 is 4.90 Å². The van der Waals surface area contributed by atoms with Gasteiger partial charge in [-0.3, -0.25) is 4.98 Å². The summed E-state index contributed by atoms with van der Waals surface area (Å²) >= 11 is 0. The molecular weight excluding hydrogens is 212 g/mol. The second kappa shape index (κ2) is 3.96. The van der Waals surface area contributed by atoms with Gasteiger partial charge in [-0.1, -0.05) is 6.92 Å². The summed E-state index contributed by atoms with van der Waals surface area (Å²) in [5.41, 5.74) is 0.808. The molecule has 5 heteroatoms. The molecule has 1 aliphatic heterocycles. The molecule has 1 fully saturated rings. The fraction of sp³-hybridized carbons (Fsp3) is 0.636. The first-order valence-electron chi connectivity index (χ1n) is 5.40. The lowest BCUT2D eigenvalue weighted by Gasteiger charge is -2.37. The third kappa shape index (κ3) is 2.13. The predicted molar refractivity (Wildman–Crippen MR) is 57.7 cm³/mol. The summed E-state index contributed by atoms with van der Waals surface area (Å²) in [4.78, 5) is 10.2. The normalized spacial score (nSPS) is 24.5. The number of hydrogen-bond donors (Lipinski definition) is 0. The summed E-state index contributed by atoms with van der Waals surface area (Å²) < 4.78 is 26.6. The van der Waals surface area contributed by atoms with Crippen molar-refractivity contribution in [2.45, 2.75) is 26.2 Å². The minimum absolute atomic E-state index is 0.107. The smallest absolute Gasteiger partial charge is 0.254 e. The third-order valence-corrected chi connectivity index (χ3v) is 3.00. The highest BCUT2D eigenvalue weighted by Gasteiger charge is 2.41. The lowest BCUT2D eigenvalue weighted by Crippen LogP contribution is -2.46. The highest BCUT2D eigenvalue weighted by atomic mass is 19.3. The SMILES string of the molecule is Cc1cncc(N2CCC(F)(F)[C@H](C)C2)n1. The highest BCUT2D eigenvalue weighted by Crippen LogP contribution is 2.34. The van der Waals surface area contributed by atoms with Gasteiger partial charge in [0.05, 0.1) is 11.9 Å². The van der Waals surface area contributed by atoms with Crippen LogP contribution in [-0.4, -0.2) is 29.0 Å². The zero-order chi connectivity index (χ0) is 11.8. The molecule has 88 valence electrons. The van der Waals surface area contributed by atoms with E-state index in [1.54, 1.807) is 19.3 Å². The van der Waals surface area contributed by atoms with Gasteiger partial charge in [0.2, 0.25) is 0 Å². The Kier molecular flexibility index (Phi) is 2.78. The van der Waals surface area contributed by atoms with Crippen LogP contribution < -0.4 is 4.90 Å². The lowest BCUT2D eigenvalue weighted by molar-refractivity contribution is -0.0652. The summed E-state index contributed by atoms with van der Waals surface area (Å²) in [6.07, 6.45) is 3.18. The summed E-state index contributed by atoms with van der Waals surface area (Å²) in [5, 5.41) is 0. The van der Waals surface area contributed by atoms with Crippen molar-refractivity contribution < 1.29 is 8.78 Å². The van der Waals surface area contributed by atoms with E-state index in [9.17, 15) is 8.78 Å². The maximum Gasteiger partial charge on any atom is 0.254 e. The molecule has 0 saturated carbocycles. The molecule has 0 spiro atoms. The summed E-state index contributed by atoms with van der Waals surface area (Å²) in [5.74, 6) is -2.49. The average Bonchev–Trinajstić information content (AvgIpc) is 2.22. The van der Waals surface area contributed by atoms with Crippen molar-refractivity contribution in [3.8, 4) is 0 Å². The Balaban J connectivity index is 2.14. The Bertz CT molecular complexity index is 381. The molecule has 0 N–H and O–H groups in total. The largest absolute Gasteiger partial charge is 0.355 e. The van der Waals surface area contributed by atoms with Gasteiger partial charge in [-0.2, -0.15) is 0 Å². The zero-order valence-corrected chi connectivity index (χ0v) is 9.45. The van der Waals surface area contributed by atoms with Crippen LogP contribution in [0.2, 0.25) is 0 Å². The molecule has 3 nitrogen and oxygen atoms in total. The fourth-order valence-corrected chi connectivity index (χ4v) is 1.90. The number of halogens is 2. The van der Waals surface area contributed by atoms with Gasteiger partial charge in [0.1, 0.15) is 5.82 Å². The molecule has 2 heterocycles. The molecule has 1 aliphatic rings. The van der Waals surface area contributed by atoms with Crippen LogP contribution in [0, 0.1) is 12.8 Å². The van der Waals surface area contributed by atoms with Crippen LogP contribution >= 0.6 is 0 Å². The van der Waals surface area contributed by atoms with E-state index in [0.29, 0.717) is 18.9 Å². The quantitative estimate of drug-likeness (QED) is 0.737. The van der Waals surface area contributed by atoms with Crippen molar-refractivity contribution in [1.82, 2.24) is 9.97 Å². The van der Waals surface area contributed by atoms with E-state index < -0.39 is 11.8 Å². The number of anilines is 1. The molecule has 0 aromatic carbocycles. The number of nitrogens with zero attached hydrogens (tertiary/aromatic N) is 3. The number of rotatable bonds is 1. The van der Waals surface area contributed by atoms with Gasteiger partial charge in [-0.15, -0.1) is 0 Å². The van der Waals surface area contributed by atoms with E-state index in [2.05, 4.69) is 9.97 Å². The molecule has 2 rings (SSSR count). The summed E-state index contributed by atoms with van der Waals surface area (Å²) in [6, 6.07) is 0. The van der Waals surface area contributed by atoms with Crippen molar-refractivity contribution in [3.05, 3.63) is 18.1 Å². The van der Waals surface area contributed by atoms with E-state index in [1.165, 1.54) is 0 Å². The van der Waals surface area contributed by atoms with Gasteiger partial charge >= 0.3 is 0 Å². The molecule has 0 unspecified atom stereocenters. The Morgan fingerprint density at radius 3 is 2.81 bits per heavy atom. The molecule has 1 aromatic heterocycles. The summed E-state index contributed by atoms with van der Waals surface area (Å²) in [7, 11) is 0. The first-order valence-corrected chi connectivity index (χ1v) is 5.40. The zero-order valence-electron chi connectivity index (χ0n) is 9.45. The monoisotopic (exact) mass is 227 g/mol. The number of alkyl halides is 2. The van der Waals surface area contributed by atoms with Gasteiger partial charge in [0.25, 0.3) is 5.92 Å². The Morgan fingerprint density at radius 2 is 2.19 bits per heavy atom. The molecule has 1 atom stereocenters. The maximum atomic E-state index is 13.3. The minimum Gasteiger partial charge on any atom is -0.355 e. The maximum absolute atomic E-state index is 13.3. The number of piperidine rings is 1. The average molecular weight is 227 g/mol. The van der Waals surface area contributed by atoms with Crippen LogP contribution in [0.15, 0.2) is 12.4 Å². The third-order valence-electron chi connectivity index (χ3n) is 3.00. The van der Waals surface area contributed by atoms with Crippen LogP contribution in [-0.2, 0) is 0 Å². The second-order valence-electron chi connectivity index (χ2n) is 4.38. The first kappa shape index (κ1) is 11.2. The van der Waals surface area contributed by atoms with E-state index in [1.807, 2.05) is 11.8 Å². The Labute approximate surface area is 93.5 Å². The standard InChI is InChI=1S/C11H15F2N3/c1-8-7-16(4-3-11(8,12)13)10-6-14-5-9(2)15-10/h5-6,8H,3-4,7H2,1-2H3/t8-/m1/s1. The van der Waals surface area contributed by atoms with Crippen molar-refractivity contribution >= 4 is 5.82 Å². The first-order chi connectivity index (χ1) is 7.49. The predicted octanol–water partition coefficient (Wildman–Crippen LogP) is 2.27. The lowest BCUT2D eigenvalue weighted by atomic mass is 9.95. The molecule has 1 saturated heterocycles. The van der Waals surface area contributed by atoms with Crippen LogP contribution in [0.3, 0.4) is 0 Å². The van der Waals surface area contributed by atoms with Crippen LogP contribution in [0.25, 0.3) is 0 Å². The fourth-order valence-electron chi connectivity index (χ4n) is 1.90. The Hall–Kier alpha value is -1.26. The van der Waals surface area contributed by atoms with E-state index in [4.69, 9.17) is 0 Å².